The molecule has 10 aromatic carbocycles. The summed E-state index contributed by atoms with van der Waals surface area (Å²) in [5.74, 6) is 0. The molecule has 2 aromatic heterocycles. The van der Waals surface area contributed by atoms with Crippen LogP contribution in [-0.4, -0.2) is 0 Å². The van der Waals surface area contributed by atoms with Crippen LogP contribution in [0.5, 0.6) is 0 Å². The minimum atomic E-state index is 0.929. The van der Waals surface area contributed by atoms with E-state index in [9.17, 15) is 0 Å². The second-order valence-corrected chi connectivity index (χ2v) is 14.5. The number of hydrogen-bond acceptors (Lipinski definition) is 3. The topological polar surface area (TPSA) is 29.5 Å². The Morgan fingerprint density at radius 2 is 0.691 bits per heavy atom. The summed E-state index contributed by atoms with van der Waals surface area (Å²) >= 11 is 0. The first-order valence-electron chi connectivity index (χ1n) is 18.7. The highest BCUT2D eigenvalue weighted by molar-refractivity contribution is 6.25. The van der Waals surface area contributed by atoms with Crippen molar-refractivity contribution < 1.29 is 8.83 Å². The molecule has 0 fully saturated rings. The molecule has 0 atom stereocenters. The van der Waals surface area contributed by atoms with Crippen molar-refractivity contribution in [3.8, 4) is 33.4 Å². The molecule has 0 aliphatic rings. The van der Waals surface area contributed by atoms with Crippen LogP contribution in [0.1, 0.15) is 0 Å². The third-order valence-corrected chi connectivity index (χ3v) is 11.4. The Morgan fingerprint density at radius 3 is 1.16 bits per heavy atom. The maximum atomic E-state index is 6.26. The third kappa shape index (κ3) is 4.57. The Hall–Kier alpha value is -7.36. The fourth-order valence-corrected chi connectivity index (χ4v) is 8.86. The second kappa shape index (κ2) is 11.6. The van der Waals surface area contributed by atoms with Gasteiger partial charge in [0.15, 0.2) is 0 Å². The number of anilines is 3. The van der Waals surface area contributed by atoms with Crippen LogP contribution in [0, 0.1) is 0 Å². The highest BCUT2D eigenvalue weighted by Crippen LogP contribution is 2.44. The number of rotatable bonds is 6. The van der Waals surface area contributed by atoms with Crippen LogP contribution < -0.4 is 4.90 Å². The van der Waals surface area contributed by atoms with Gasteiger partial charge in [-0.25, -0.2) is 0 Å². The van der Waals surface area contributed by atoms with E-state index < -0.39 is 0 Å². The van der Waals surface area contributed by atoms with E-state index in [2.05, 4.69) is 193 Å². The zero-order chi connectivity index (χ0) is 36.0. The summed E-state index contributed by atoms with van der Waals surface area (Å²) < 4.78 is 12.5. The molecule has 0 saturated carbocycles. The van der Waals surface area contributed by atoms with Crippen molar-refractivity contribution in [1.82, 2.24) is 0 Å². The maximum absolute atomic E-state index is 6.26. The molecule has 12 aromatic rings. The number of benzene rings is 10. The lowest BCUT2D eigenvalue weighted by Gasteiger charge is -2.26. The minimum absolute atomic E-state index is 0.929. The lowest BCUT2D eigenvalue weighted by atomic mass is 9.94. The van der Waals surface area contributed by atoms with Crippen molar-refractivity contribution in [3.05, 3.63) is 188 Å². The Morgan fingerprint density at radius 1 is 0.273 bits per heavy atom. The highest BCUT2D eigenvalue weighted by Gasteiger charge is 2.19. The van der Waals surface area contributed by atoms with E-state index in [1.54, 1.807) is 0 Å². The normalized spacial score (nSPS) is 12.0. The fraction of sp³-hybridized carbons (Fsp3) is 0. The summed E-state index contributed by atoms with van der Waals surface area (Å²) in [7, 11) is 0. The molecule has 256 valence electrons. The van der Waals surface area contributed by atoms with Gasteiger partial charge in [0.25, 0.3) is 0 Å². The average Bonchev–Trinajstić information content (AvgIpc) is 3.84. The molecule has 2 heterocycles. The Kier molecular flexibility index (Phi) is 6.34. The predicted molar refractivity (Wildman–Crippen MR) is 229 cm³/mol. The van der Waals surface area contributed by atoms with Crippen LogP contribution in [-0.2, 0) is 0 Å². The van der Waals surface area contributed by atoms with E-state index in [-0.39, 0.29) is 0 Å². The SMILES string of the molecule is c1ccc(-c2ccc(N(c3ccc(-c4ccc5oc6cccc7ccc4c5c76)cc3)c3ccc(-c4ccc5oc6cccc7ccc4c5c76)cc3)cc2)cc1. The zero-order valence-electron chi connectivity index (χ0n) is 29.7. The van der Waals surface area contributed by atoms with Crippen molar-refractivity contribution in [2.75, 3.05) is 4.90 Å². The van der Waals surface area contributed by atoms with E-state index in [0.717, 1.165) is 39.4 Å². The van der Waals surface area contributed by atoms with Gasteiger partial charge in [0.05, 0.1) is 0 Å². The number of hydrogen-bond donors (Lipinski definition) is 0. The summed E-state index contributed by atoms with van der Waals surface area (Å²) in [5.41, 5.74) is 14.1. The Balaban J connectivity index is 0.957. The van der Waals surface area contributed by atoms with E-state index in [1.807, 2.05) is 0 Å². The smallest absolute Gasteiger partial charge is 0.136 e. The molecule has 0 saturated heterocycles. The van der Waals surface area contributed by atoms with Crippen LogP contribution in [0.3, 0.4) is 0 Å². The van der Waals surface area contributed by atoms with E-state index >= 15 is 0 Å². The molecular weight excluding hydrogens is 671 g/mol. The first-order chi connectivity index (χ1) is 27.2. The van der Waals surface area contributed by atoms with Crippen LogP contribution in [0.2, 0.25) is 0 Å². The van der Waals surface area contributed by atoms with Gasteiger partial charge in [0.2, 0.25) is 0 Å². The van der Waals surface area contributed by atoms with Crippen molar-refractivity contribution in [3.63, 3.8) is 0 Å². The average molecular weight is 702 g/mol. The third-order valence-electron chi connectivity index (χ3n) is 11.4. The summed E-state index contributed by atoms with van der Waals surface area (Å²) in [6.45, 7) is 0. The second-order valence-electron chi connectivity index (χ2n) is 14.5. The summed E-state index contributed by atoms with van der Waals surface area (Å²) in [4.78, 5) is 2.34. The molecule has 0 aliphatic heterocycles. The van der Waals surface area contributed by atoms with Gasteiger partial charge in [0, 0.05) is 38.6 Å². The first-order valence-corrected chi connectivity index (χ1v) is 18.7. The molecule has 0 amide bonds. The molecule has 3 nitrogen and oxygen atoms in total. The zero-order valence-corrected chi connectivity index (χ0v) is 29.7. The lowest BCUT2D eigenvalue weighted by molar-refractivity contribution is 0.669. The van der Waals surface area contributed by atoms with Gasteiger partial charge in [-0.2, -0.15) is 0 Å². The molecule has 0 unspecified atom stereocenters. The van der Waals surface area contributed by atoms with Gasteiger partial charge in [0.1, 0.15) is 22.3 Å². The van der Waals surface area contributed by atoms with Gasteiger partial charge in [-0.1, -0.05) is 127 Å². The Bertz CT molecular complexity index is 3150. The van der Waals surface area contributed by atoms with Crippen molar-refractivity contribution >= 4 is 82.5 Å². The number of nitrogens with zero attached hydrogens (tertiary/aromatic N) is 1. The molecule has 55 heavy (non-hydrogen) atoms. The van der Waals surface area contributed by atoms with E-state index in [0.29, 0.717) is 0 Å². The van der Waals surface area contributed by atoms with Gasteiger partial charge >= 0.3 is 0 Å². The van der Waals surface area contributed by atoms with Gasteiger partial charge in [-0.05, 0) is 116 Å². The summed E-state index contributed by atoms with van der Waals surface area (Å²) in [6.07, 6.45) is 0. The van der Waals surface area contributed by atoms with Gasteiger partial charge in [-0.15, -0.1) is 0 Å². The van der Waals surface area contributed by atoms with Crippen molar-refractivity contribution in [2.24, 2.45) is 0 Å². The fourth-order valence-electron chi connectivity index (χ4n) is 8.86. The molecule has 0 aliphatic carbocycles. The van der Waals surface area contributed by atoms with Crippen molar-refractivity contribution in [1.29, 1.82) is 0 Å². The molecule has 0 bridgehead atoms. The van der Waals surface area contributed by atoms with Gasteiger partial charge < -0.3 is 13.7 Å². The van der Waals surface area contributed by atoms with Crippen LogP contribution in [0.15, 0.2) is 197 Å². The molecule has 12 rings (SSSR count). The molecule has 0 spiro atoms. The van der Waals surface area contributed by atoms with E-state index in [4.69, 9.17) is 8.83 Å². The molecule has 0 radical (unpaired) electrons. The largest absolute Gasteiger partial charge is 0.456 e. The lowest BCUT2D eigenvalue weighted by Crippen LogP contribution is -2.09. The van der Waals surface area contributed by atoms with E-state index in [1.165, 1.54) is 76.5 Å². The maximum Gasteiger partial charge on any atom is 0.136 e. The minimum Gasteiger partial charge on any atom is -0.456 e. The Labute approximate surface area is 316 Å². The molecule has 3 heteroatoms. The monoisotopic (exact) mass is 701 g/mol. The van der Waals surface area contributed by atoms with Crippen molar-refractivity contribution in [2.45, 2.75) is 0 Å². The summed E-state index contributed by atoms with van der Waals surface area (Å²) in [5, 5.41) is 9.61. The molecular formula is C52H31NO2. The van der Waals surface area contributed by atoms with Gasteiger partial charge in [-0.3, -0.25) is 0 Å². The molecule has 0 N–H and O–H groups in total. The summed E-state index contributed by atoms with van der Waals surface area (Å²) in [6, 6.07) is 67.4. The quantitative estimate of drug-likeness (QED) is 0.162. The van der Waals surface area contributed by atoms with Crippen LogP contribution in [0.4, 0.5) is 17.1 Å². The first kappa shape index (κ1) is 30.1. The number of furan rings is 2. The standard InChI is InChI=1S/C52H31NO2/c1-2-6-32(7-3-1)33-12-20-38(21-13-33)53(39-22-14-34(15-23-39)41-28-30-47-51-43(41)26-18-36-8-4-10-45(54-47)49(36)51)40-24-16-35(17-25-40)42-29-31-48-52-44(42)27-19-37-9-5-11-46(55-48)50(37)52/h1-31H. The highest BCUT2D eigenvalue weighted by atomic mass is 16.3. The predicted octanol–water partition coefficient (Wildman–Crippen LogP) is 15.1. The van der Waals surface area contributed by atoms with Crippen LogP contribution in [0.25, 0.3) is 98.8 Å². The van der Waals surface area contributed by atoms with Crippen LogP contribution >= 0.6 is 0 Å².